The van der Waals surface area contributed by atoms with Crippen molar-refractivity contribution in [3.63, 3.8) is 0 Å². The van der Waals surface area contributed by atoms with Crippen molar-refractivity contribution >= 4 is 9.84 Å². The summed E-state index contributed by atoms with van der Waals surface area (Å²) in [5.74, 6) is 0.362. The van der Waals surface area contributed by atoms with Crippen molar-refractivity contribution < 1.29 is 12.8 Å². The summed E-state index contributed by atoms with van der Waals surface area (Å²) in [5, 5.41) is 10.5. The van der Waals surface area contributed by atoms with Gasteiger partial charge in [0.25, 0.3) is 0 Å². The van der Waals surface area contributed by atoms with Gasteiger partial charge in [0.2, 0.25) is 11.8 Å². The average molecular weight is 233 g/mol. The standard InChI is InChI=1S/C8H15N3O3S/c1-3-4-9-5-7-10-11-8(14-7)6-15(2,12)13/h9H,3-6H2,1-2H3. The molecular formula is C8H15N3O3S. The fourth-order valence-electron chi connectivity index (χ4n) is 1.01. The van der Waals surface area contributed by atoms with E-state index in [-0.39, 0.29) is 11.6 Å². The van der Waals surface area contributed by atoms with Crippen LogP contribution in [0.4, 0.5) is 0 Å². The third-order valence-electron chi connectivity index (χ3n) is 1.60. The van der Waals surface area contributed by atoms with E-state index in [2.05, 4.69) is 22.4 Å². The van der Waals surface area contributed by atoms with E-state index in [9.17, 15) is 8.42 Å². The normalized spacial score (nSPS) is 11.9. The van der Waals surface area contributed by atoms with Crippen molar-refractivity contribution in [2.24, 2.45) is 0 Å². The number of aromatic nitrogens is 2. The monoisotopic (exact) mass is 233 g/mol. The van der Waals surface area contributed by atoms with Gasteiger partial charge in [0.05, 0.1) is 6.54 Å². The molecule has 86 valence electrons. The third kappa shape index (κ3) is 4.89. The zero-order valence-corrected chi connectivity index (χ0v) is 9.67. The molecule has 1 aromatic rings. The summed E-state index contributed by atoms with van der Waals surface area (Å²) in [6.45, 7) is 3.39. The van der Waals surface area contributed by atoms with E-state index < -0.39 is 9.84 Å². The van der Waals surface area contributed by atoms with Gasteiger partial charge < -0.3 is 9.73 Å². The number of nitrogens with one attached hydrogen (secondary N) is 1. The zero-order valence-electron chi connectivity index (χ0n) is 8.86. The summed E-state index contributed by atoms with van der Waals surface area (Å²) in [6, 6.07) is 0. The highest BCUT2D eigenvalue weighted by Gasteiger charge is 2.11. The molecule has 0 aliphatic heterocycles. The zero-order chi connectivity index (χ0) is 11.3. The lowest BCUT2D eigenvalue weighted by molar-refractivity contribution is 0.442. The Morgan fingerprint density at radius 1 is 1.33 bits per heavy atom. The summed E-state index contributed by atoms with van der Waals surface area (Å²) < 4.78 is 27.0. The second-order valence-electron chi connectivity index (χ2n) is 3.34. The van der Waals surface area contributed by atoms with Crippen LogP contribution in [0, 0.1) is 0 Å². The summed E-state index contributed by atoms with van der Waals surface area (Å²) >= 11 is 0. The number of hydrogen-bond acceptors (Lipinski definition) is 6. The topological polar surface area (TPSA) is 85.1 Å². The van der Waals surface area contributed by atoms with E-state index in [1.807, 2.05) is 0 Å². The first-order valence-electron chi connectivity index (χ1n) is 4.71. The van der Waals surface area contributed by atoms with E-state index in [0.29, 0.717) is 12.4 Å². The molecule has 0 aliphatic carbocycles. The van der Waals surface area contributed by atoms with Gasteiger partial charge in [-0.15, -0.1) is 10.2 Å². The molecule has 1 heterocycles. The van der Waals surface area contributed by atoms with Gasteiger partial charge in [-0.05, 0) is 13.0 Å². The molecule has 6 nitrogen and oxygen atoms in total. The summed E-state index contributed by atoms with van der Waals surface area (Å²) in [5.41, 5.74) is 0. The number of sulfone groups is 1. The van der Waals surface area contributed by atoms with Gasteiger partial charge >= 0.3 is 0 Å². The molecule has 7 heteroatoms. The quantitative estimate of drug-likeness (QED) is 0.702. The van der Waals surface area contributed by atoms with Crippen LogP contribution < -0.4 is 5.32 Å². The first-order chi connectivity index (χ1) is 7.01. The van der Waals surface area contributed by atoms with Gasteiger partial charge in [-0.3, -0.25) is 0 Å². The summed E-state index contributed by atoms with van der Waals surface area (Å²) in [4.78, 5) is 0. The molecule has 0 bridgehead atoms. The van der Waals surface area contributed by atoms with Crippen molar-refractivity contribution in [3.05, 3.63) is 11.8 Å². The highest BCUT2D eigenvalue weighted by Crippen LogP contribution is 2.03. The van der Waals surface area contributed by atoms with E-state index in [0.717, 1.165) is 19.2 Å². The molecule has 0 aliphatic rings. The molecule has 0 amide bonds. The summed E-state index contributed by atoms with van der Waals surface area (Å²) in [6.07, 6.45) is 2.15. The molecule has 0 aromatic carbocycles. The van der Waals surface area contributed by atoms with Gasteiger partial charge in [0.1, 0.15) is 5.75 Å². The lowest BCUT2D eigenvalue weighted by atomic mass is 10.5. The molecule has 0 fully saturated rings. The van der Waals surface area contributed by atoms with Crippen molar-refractivity contribution in [1.29, 1.82) is 0 Å². The predicted molar refractivity (Wildman–Crippen MR) is 54.8 cm³/mol. The van der Waals surface area contributed by atoms with Crippen LogP contribution >= 0.6 is 0 Å². The minimum Gasteiger partial charge on any atom is -0.423 e. The van der Waals surface area contributed by atoms with Crippen LogP contribution in [0.1, 0.15) is 25.1 Å². The van der Waals surface area contributed by atoms with E-state index in [1.54, 1.807) is 0 Å². The van der Waals surface area contributed by atoms with Gasteiger partial charge in [-0.25, -0.2) is 8.42 Å². The van der Waals surface area contributed by atoms with Crippen molar-refractivity contribution in [2.45, 2.75) is 25.6 Å². The number of rotatable bonds is 6. The Morgan fingerprint density at radius 2 is 2.00 bits per heavy atom. The Kier molecular flexibility index (Phi) is 4.22. The van der Waals surface area contributed by atoms with Gasteiger partial charge in [-0.2, -0.15) is 0 Å². The predicted octanol–water partition coefficient (Wildman–Crippen LogP) is 0.114. The van der Waals surface area contributed by atoms with E-state index in [1.165, 1.54) is 0 Å². The van der Waals surface area contributed by atoms with Crippen LogP contribution in [0.15, 0.2) is 4.42 Å². The van der Waals surface area contributed by atoms with Gasteiger partial charge in [0, 0.05) is 6.26 Å². The second-order valence-corrected chi connectivity index (χ2v) is 5.48. The maximum absolute atomic E-state index is 10.9. The maximum atomic E-state index is 10.9. The van der Waals surface area contributed by atoms with Crippen LogP contribution in [0.5, 0.6) is 0 Å². The van der Waals surface area contributed by atoms with Crippen LogP contribution in [-0.2, 0) is 22.1 Å². The lowest BCUT2D eigenvalue weighted by Crippen LogP contribution is -2.13. The highest BCUT2D eigenvalue weighted by atomic mass is 32.2. The molecule has 1 N–H and O–H groups in total. The Morgan fingerprint density at radius 3 is 2.60 bits per heavy atom. The van der Waals surface area contributed by atoms with Crippen molar-refractivity contribution in [3.8, 4) is 0 Å². The number of hydrogen-bond donors (Lipinski definition) is 1. The van der Waals surface area contributed by atoms with Crippen molar-refractivity contribution in [2.75, 3.05) is 12.8 Å². The first-order valence-corrected chi connectivity index (χ1v) is 6.77. The fraction of sp³-hybridized carbons (Fsp3) is 0.750. The molecule has 0 radical (unpaired) electrons. The lowest BCUT2D eigenvalue weighted by Gasteiger charge is -1.96. The van der Waals surface area contributed by atoms with Crippen molar-refractivity contribution in [1.82, 2.24) is 15.5 Å². The van der Waals surface area contributed by atoms with E-state index >= 15 is 0 Å². The average Bonchev–Trinajstić information content (AvgIpc) is 2.50. The Hall–Kier alpha value is -0.950. The smallest absolute Gasteiger partial charge is 0.231 e. The summed E-state index contributed by atoms with van der Waals surface area (Å²) in [7, 11) is -3.11. The molecule has 0 saturated carbocycles. The van der Waals surface area contributed by atoms with Crippen LogP contribution in [0.3, 0.4) is 0 Å². The van der Waals surface area contributed by atoms with Gasteiger partial charge in [0.15, 0.2) is 9.84 Å². The molecular weight excluding hydrogens is 218 g/mol. The van der Waals surface area contributed by atoms with Crippen LogP contribution in [-0.4, -0.2) is 31.4 Å². The molecule has 0 unspecified atom stereocenters. The van der Waals surface area contributed by atoms with Gasteiger partial charge in [-0.1, -0.05) is 6.92 Å². The fourth-order valence-corrected chi connectivity index (χ4v) is 1.58. The maximum Gasteiger partial charge on any atom is 0.231 e. The molecule has 1 aromatic heterocycles. The SMILES string of the molecule is CCCNCc1nnc(CS(C)(=O)=O)o1. The molecule has 1 rings (SSSR count). The Bertz CT molecular complexity index is 399. The molecule has 0 atom stereocenters. The largest absolute Gasteiger partial charge is 0.423 e. The Balaban J connectivity index is 2.49. The second kappa shape index (κ2) is 5.22. The molecule has 0 spiro atoms. The molecule has 0 saturated heterocycles. The van der Waals surface area contributed by atoms with E-state index in [4.69, 9.17) is 4.42 Å². The first kappa shape index (κ1) is 12.1. The van der Waals surface area contributed by atoms with Crippen LogP contribution in [0.25, 0.3) is 0 Å². The minimum atomic E-state index is -3.11. The Labute approximate surface area is 89.0 Å². The molecule has 15 heavy (non-hydrogen) atoms. The third-order valence-corrected chi connectivity index (χ3v) is 2.37. The number of nitrogens with zero attached hydrogens (tertiary/aromatic N) is 2. The highest BCUT2D eigenvalue weighted by molar-refractivity contribution is 7.89. The van der Waals surface area contributed by atoms with Crippen LogP contribution in [0.2, 0.25) is 0 Å². The minimum absolute atomic E-state index is 0.144.